The smallest absolute Gasteiger partial charge is 0.113 e. The highest BCUT2D eigenvalue weighted by Gasteiger charge is 2.40. The van der Waals surface area contributed by atoms with E-state index in [1.54, 1.807) is 4.88 Å². The molecule has 2 aliphatic rings. The number of nitrogens with one attached hydrogen (secondary N) is 1. The molecular weight excluding hydrogens is 276 g/mol. The molecule has 1 aromatic heterocycles. The Labute approximate surface area is 133 Å². The van der Waals surface area contributed by atoms with E-state index in [4.69, 9.17) is 4.98 Å². The molecule has 0 aromatic carbocycles. The van der Waals surface area contributed by atoms with Gasteiger partial charge in [-0.1, -0.05) is 33.6 Å². The lowest BCUT2D eigenvalue weighted by Gasteiger charge is -2.41. The van der Waals surface area contributed by atoms with Gasteiger partial charge in [0.15, 0.2) is 0 Å². The Balaban J connectivity index is 1.84. The Morgan fingerprint density at radius 1 is 1.33 bits per heavy atom. The van der Waals surface area contributed by atoms with Gasteiger partial charge in [-0.05, 0) is 56.9 Å². The molecule has 118 valence electrons. The van der Waals surface area contributed by atoms with Crippen LogP contribution >= 0.6 is 11.3 Å². The molecule has 0 bridgehead atoms. The van der Waals surface area contributed by atoms with Gasteiger partial charge >= 0.3 is 0 Å². The summed E-state index contributed by atoms with van der Waals surface area (Å²) in [5, 5.41) is 5.26. The maximum absolute atomic E-state index is 5.07. The van der Waals surface area contributed by atoms with E-state index in [1.807, 2.05) is 11.3 Å². The number of rotatable bonds is 5. The lowest BCUT2D eigenvalue weighted by molar-refractivity contribution is 0.164. The first-order valence-electron chi connectivity index (χ1n) is 8.87. The van der Waals surface area contributed by atoms with E-state index in [-0.39, 0.29) is 5.54 Å². The predicted octanol–water partition coefficient (Wildman–Crippen LogP) is 4.67. The van der Waals surface area contributed by atoms with Crippen molar-refractivity contribution in [3.05, 3.63) is 15.6 Å². The summed E-state index contributed by atoms with van der Waals surface area (Å²) in [6.07, 6.45) is 10.5. The van der Waals surface area contributed by atoms with Crippen molar-refractivity contribution in [2.75, 3.05) is 6.54 Å². The zero-order valence-corrected chi connectivity index (χ0v) is 14.7. The Hall–Kier alpha value is -0.410. The van der Waals surface area contributed by atoms with E-state index >= 15 is 0 Å². The van der Waals surface area contributed by atoms with Crippen molar-refractivity contribution in [3.8, 4) is 0 Å². The van der Waals surface area contributed by atoms with Crippen molar-refractivity contribution >= 4 is 11.3 Å². The summed E-state index contributed by atoms with van der Waals surface area (Å²) >= 11 is 2.01. The standard InChI is InChI=1S/C18H30N2S/c1-4-19-18(10-6-7-14(12-18)11-13(2)3)17-20-15-8-5-9-16(15)21-17/h13-14,19H,4-12H2,1-3H3. The Bertz CT molecular complexity index is 454. The van der Waals surface area contributed by atoms with Crippen LogP contribution < -0.4 is 5.32 Å². The van der Waals surface area contributed by atoms with Crippen molar-refractivity contribution in [2.45, 2.75) is 77.7 Å². The van der Waals surface area contributed by atoms with Crippen LogP contribution in [0.25, 0.3) is 0 Å². The van der Waals surface area contributed by atoms with Gasteiger partial charge < -0.3 is 5.32 Å². The Morgan fingerprint density at radius 3 is 2.90 bits per heavy atom. The molecule has 2 aliphatic carbocycles. The number of fused-ring (bicyclic) bond motifs is 1. The van der Waals surface area contributed by atoms with Crippen molar-refractivity contribution < 1.29 is 0 Å². The average Bonchev–Trinajstić information content (AvgIpc) is 2.99. The summed E-state index contributed by atoms with van der Waals surface area (Å²) in [4.78, 5) is 6.65. The molecule has 1 fully saturated rings. The maximum atomic E-state index is 5.07. The number of aromatic nitrogens is 1. The minimum atomic E-state index is 0.182. The number of aryl methyl sites for hydroxylation is 2. The maximum Gasteiger partial charge on any atom is 0.113 e. The predicted molar refractivity (Wildman–Crippen MR) is 90.9 cm³/mol. The second-order valence-corrected chi connectivity index (χ2v) is 8.53. The third-order valence-electron chi connectivity index (χ3n) is 5.18. The lowest BCUT2D eigenvalue weighted by Crippen LogP contribution is -2.46. The van der Waals surface area contributed by atoms with Gasteiger partial charge in [-0.3, -0.25) is 0 Å². The molecule has 3 rings (SSSR count). The van der Waals surface area contributed by atoms with E-state index in [2.05, 4.69) is 26.1 Å². The van der Waals surface area contributed by atoms with Crippen molar-refractivity contribution in [1.29, 1.82) is 0 Å². The normalized spacial score (nSPS) is 29.0. The van der Waals surface area contributed by atoms with Crippen LogP contribution in [0.3, 0.4) is 0 Å². The van der Waals surface area contributed by atoms with Gasteiger partial charge in [0.1, 0.15) is 5.01 Å². The summed E-state index contributed by atoms with van der Waals surface area (Å²) in [6.45, 7) is 8.02. The molecule has 2 atom stereocenters. The minimum absolute atomic E-state index is 0.182. The fourth-order valence-corrected chi connectivity index (χ4v) is 5.78. The summed E-state index contributed by atoms with van der Waals surface area (Å²) < 4.78 is 0. The topological polar surface area (TPSA) is 24.9 Å². The van der Waals surface area contributed by atoms with Gasteiger partial charge in [0.05, 0.1) is 11.2 Å². The molecule has 0 radical (unpaired) electrons. The number of thiazole rings is 1. The quantitative estimate of drug-likeness (QED) is 0.855. The Morgan fingerprint density at radius 2 is 2.19 bits per heavy atom. The first-order chi connectivity index (χ1) is 10.1. The third kappa shape index (κ3) is 3.19. The van der Waals surface area contributed by atoms with Crippen LogP contribution in [0.2, 0.25) is 0 Å². The number of nitrogens with zero attached hydrogens (tertiary/aromatic N) is 1. The summed E-state index contributed by atoms with van der Waals surface area (Å²) in [7, 11) is 0. The molecule has 2 unspecified atom stereocenters. The fraction of sp³-hybridized carbons (Fsp3) is 0.833. The van der Waals surface area contributed by atoms with Gasteiger partial charge in [0.25, 0.3) is 0 Å². The SMILES string of the molecule is CCNC1(c2nc3c(s2)CCC3)CCCC(CC(C)C)C1. The van der Waals surface area contributed by atoms with Gasteiger partial charge in [-0.25, -0.2) is 4.98 Å². The van der Waals surface area contributed by atoms with Crippen LogP contribution in [0.5, 0.6) is 0 Å². The molecule has 3 heteroatoms. The van der Waals surface area contributed by atoms with Gasteiger partial charge in [0.2, 0.25) is 0 Å². The van der Waals surface area contributed by atoms with E-state index in [0.717, 1.165) is 18.4 Å². The molecule has 0 amide bonds. The first kappa shape index (κ1) is 15.5. The Kier molecular flexibility index (Phi) is 4.70. The van der Waals surface area contributed by atoms with Crippen LogP contribution in [-0.2, 0) is 18.4 Å². The first-order valence-corrected chi connectivity index (χ1v) is 9.68. The second kappa shape index (κ2) is 6.37. The van der Waals surface area contributed by atoms with Gasteiger partial charge in [-0.15, -0.1) is 11.3 Å². The largest absolute Gasteiger partial charge is 0.306 e. The van der Waals surface area contributed by atoms with Crippen molar-refractivity contribution in [2.24, 2.45) is 11.8 Å². The van der Waals surface area contributed by atoms with Gasteiger partial charge in [-0.2, -0.15) is 0 Å². The zero-order chi connectivity index (χ0) is 14.9. The monoisotopic (exact) mass is 306 g/mol. The van der Waals surface area contributed by atoms with Crippen molar-refractivity contribution in [1.82, 2.24) is 10.3 Å². The summed E-state index contributed by atoms with van der Waals surface area (Å²) in [6, 6.07) is 0. The molecule has 0 spiro atoms. The average molecular weight is 307 g/mol. The van der Waals surface area contributed by atoms with Crippen LogP contribution in [0.4, 0.5) is 0 Å². The molecular formula is C18H30N2S. The highest BCUT2D eigenvalue weighted by Crippen LogP contribution is 2.44. The number of hydrogen-bond acceptors (Lipinski definition) is 3. The molecule has 1 aromatic rings. The van der Waals surface area contributed by atoms with Crippen LogP contribution in [0.15, 0.2) is 0 Å². The second-order valence-electron chi connectivity index (χ2n) is 7.45. The third-order valence-corrected chi connectivity index (χ3v) is 6.54. The molecule has 2 nitrogen and oxygen atoms in total. The van der Waals surface area contributed by atoms with Crippen LogP contribution in [-0.4, -0.2) is 11.5 Å². The highest BCUT2D eigenvalue weighted by molar-refractivity contribution is 7.12. The molecule has 21 heavy (non-hydrogen) atoms. The molecule has 0 aliphatic heterocycles. The van der Waals surface area contributed by atoms with E-state index in [0.29, 0.717) is 0 Å². The molecule has 1 saturated carbocycles. The summed E-state index contributed by atoms with van der Waals surface area (Å²) in [5.41, 5.74) is 1.60. The van der Waals surface area contributed by atoms with E-state index < -0.39 is 0 Å². The fourth-order valence-electron chi connectivity index (χ4n) is 4.42. The summed E-state index contributed by atoms with van der Waals surface area (Å²) in [5.74, 6) is 1.69. The minimum Gasteiger partial charge on any atom is -0.306 e. The van der Waals surface area contributed by atoms with E-state index in [1.165, 1.54) is 62.1 Å². The zero-order valence-electron chi connectivity index (χ0n) is 13.9. The molecule has 1 heterocycles. The van der Waals surface area contributed by atoms with Crippen LogP contribution in [0.1, 0.15) is 74.9 Å². The van der Waals surface area contributed by atoms with Crippen LogP contribution in [0, 0.1) is 11.8 Å². The highest BCUT2D eigenvalue weighted by atomic mass is 32.1. The van der Waals surface area contributed by atoms with Gasteiger partial charge in [0, 0.05) is 4.88 Å². The van der Waals surface area contributed by atoms with Crippen molar-refractivity contribution in [3.63, 3.8) is 0 Å². The molecule has 0 saturated heterocycles. The number of hydrogen-bond donors (Lipinski definition) is 1. The lowest BCUT2D eigenvalue weighted by atomic mass is 9.73. The molecule has 1 N–H and O–H groups in total. The van der Waals surface area contributed by atoms with E-state index in [9.17, 15) is 0 Å².